The summed E-state index contributed by atoms with van der Waals surface area (Å²) in [6.45, 7) is 1.10. The van der Waals surface area contributed by atoms with Gasteiger partial charge in [0.1, 0.15) is 67.9 Å². The Morgan fingerprint density at radius 2 is 0.943 bits per heavy atom. The molecule has 6 aliphatic heterocycles. The van der Waals surface area contributed by atoms with Crippen molar-refractivity contribution in [1.82, 2.24) is 55.0 Å². The van der Waals surface area contributed by atoms with E-state index in [2.05, 4.69) is 25.6 Å². The number of hydrogen-bond acceptors (Lipinski definition) is 26. The molecule has 11 amide bonds. The zero-order valence-corrected chi connectivity index (χ0v) is 65.6. The smallest absolute Gasteiger partial charge is 0.343 e. The second-order valence-electron chi connectivity index (χ2n) is 29.0. The van der Waals surface area contributed by atoms with Gasteiger partial charge in [0.2, 0.25) is 11.8 Å². The third kappa shape index (κ3) is 14.8. The van der Waals surface area contributed by atoms with Crippen molar-refractivity contribution >= 4 is 110 Å². The van der Waals surface area contributed by atoms with Gasteiger partial charge in [0.15, 0.2) is 36.9 Å². The predicted octanol–water partition coefficient (Wildman–Crippen LogP) is 9.65. The van der Waals surface area contributed by atoms with Crippen LogP contribution in [0.15, 0.2) is 220 Å². The standard InChI is InChI=1S/C30H24N4O9.C30H25N3O7.C28H22N4O7/c1-17(35)42-23-7-4-3-6-20(23)27(37)41-16-34-28(38)30(32-29(34)39,25-13-22-24(43-25)8-5-11-31-22)15-33-14-18-9-10-19(40-2)12-21(18)26(33)36;1-18-22-13-25(40-24(22)10-11-31-18)30(16-32-15-20-8-9-21(38-2)12-23(20)27(32)35)14-26(34)33(29(30)37)17-39-28(36)19-6-4-3-5-7-19;1-37-20-8-7-18-14-31(24(33)21(18)12-20)15-28(23-11-19-13-29-10-9-22(19)39-23)26(35)32(27(36)30-28)16-38-25(34)17-5-3-2-4-6-17/h3-13H,14-16H2,1-2H3,(H,32,39);3-13H,14-17H2,1-2H3;2-13H,14-16H2,1H3,(H,30,36)/t2*30-;28-/m010/s1. The van der Waals surface area contributed by atoms with Crippen LogP contribution in [-0.4, -0.2) is 183 Å². The summed E-state index contributed by atoms with van der Waals surface area (Å²) in [4.78, 5) is 191. The fraction of sp³-hybridized carbons (Fsp3) is 0.205. The van der Waals surface area contributed by atoms with E-state index in [4.69, 9.17) is 46.4 Å². The van der Waals surface area contributed by atoms with E-state index in [1.807, 2.05) is 13.0 Å². The second-order valence-corrected chi connectivity index (χ2v) is 29.0. The van der Waals surface area contributed by atoms with E-state index in [9.17, 15) is 62.3 Å². The monoisotopic (exact) mass is 1650 g/mol. The summed E-state index contributed by atoms with van der Waals surface area (Å²) in [5.41, 5.74) is 1.42. The Kier molecular flexibility index (Phi) is 21.3. The molecule has 0 aliphatic carbocycles. The second kappa shape index (κ2) is 32.5. The molecule has 12 aromatic rings. The summed E-state index contributed by atoms with van der Waals surface area (Å²) in [5.74, 6) is -4.60. The highest BCUT2D eigenvalue weighted by atomic mass is 16.6. The average Bonchev–Trinajstić information content (AvgIpc) is 1.58. The zero-order chi connectivity index (χ0) is 85.5. The fourth-order valence-corrected chi connectivity index (χ4v) is 15.3. The van der Waals surface area contributed by atoms with Gasteiger partial charge < -0.3 is 71.7 Å². The van der Waals surface area contributed by atoms with Crippen LogP contribution in [0.4, 0.5) is 9.59 Å². The lowest BCUT2D eigenvalue weighted by molar-refractivity contribution is -0.145. The van der Waals surface area contributed by atoms with E-state index in [-0.39, 0.29) is 97.6 Å². The number of carbonyl (C=O) groups is 13. The molecule has 6 aliphatic rings. The molecule has 616 valence electrons. The Hall–Kier alpha value is -15.9. The van der Waals surface area contributed by atoms with E-state index < -0.39 is 96.3 Å². The molecule has 3 saturated heterocycles. The topological polar surface area (TPSA) is 408 Å². The van der Waals surface area contributed by atoms with E-state index in [1.54, 1.807) is 183 Å². The number of aryl methyl sites for hydroxylation is 1. The Balaban J connectivity index is 0.000000136. The molecule has 0 unspecified atom stereocenters. The summed E-state index contributed by atoms with van der Waals surface area (Å²) in [6.07, 6.45) is 6.00. The number of rotatable bonds is 22. The Morgan fingerprint density at radius 1 is 0.459 bits per heavy atom. The maximum absolute atomic E-state index is 14.1. The van der Waals surface area contributed by atoms with Crippen molar-refractivity contribution in [2.75, 3.05) is 61.2 Å². The molecular weight excluding hydrogens is 1580 g/mol. The van der Waals surface area contributed by atoms with Crippen LogP contribution >= 0.6 is 0 Å². The van der Waals surface area contributed by atoms with Gasteiger partial charge in [0.25, 0.3) is 29.5 Å². The molecule has 3 atom stereocenters. The van der Waals surface area contributed by atoms with Crippen molar-refractivity contribution in [1.29, 1.82) is 0 Å². The quantitative estimate of drug-likeness (QED) is 0.0209. The first-order valence-electron chi connectivity index (χ1n) is 37.9. The molecule has 12 heterocycles. The molecule has 18 rings (SSSR count). The minimum absolute atomic E-state index is 0.0370. The number of ether oxygens (including phenoxy) is 7. The predicted molar refractivity (Wildman–Crippen MR) is 424 cm³/mol. The molecule has 3 fully saturated rings. The largest absolute Gasteiger partial charge is 0.497 e. The van der Waals surface area contributed by atoms with Gasteiger partial charge in [0, 0.05) is 97.1 Å². The van der Waals surface area contributed by atoms with E-state index in [0.29, 0.717) is 83.1 Å². The van der Waals surface area contributed by atoms with Crippen LogP contribution in [0.1, 0.15) is 115 Å². The summed E-state index contributed by atoms with van der Waals surface area (Å²) in [5, 5.41) is 6.71. The Labute approximate surface area is 691 Å². The van der Waals surface area contributed by atoms with Crippen LogP contribution in [0.25, 0.3) is 33.0 Å². The van der Waals surface area contributed by atoms with E-state index in [0.717, 1.165) is 26.5 Å². The fourth-order valence-electron chi connectivity index (χ4n) is 15.3. The minimum Gasteiger partial charge on any atom is -0.497 e. The number of esters is 4. The highest BCUT2D eigenvalue weighted by Crippen LogP contribution is 2.44. The maximum Gasteiger partial charge on any atom is 0.343 e. The number of aromatic nitrogens is 3. The van der Waals surface area contributed by atoms with Gasteiger partial charge in [-0.1, -0.05) is 66.7 Å². The lowest BCUT2D eigenvalue weighted by atomic mass is 9.82. The number of para-hydroxylation sites is 1. The van der Waals surface area contributed by atoms with Crippen LogP contribution in [0.5, 0.6) is 23.0 Å². The van der Waals surface area contributed by atoms with Gasteiger partial charge in [-0.3, -0.25) is 53.3 Å². The van der Waals surface area contributed by atoms with Crippen LogP contribution in [-0.2, 0) is 74.3 Å². The van der Waals surface area contributed by atoms with Crippen molar-refractivity contribution in [3.63, 3.8) is 0 Å². The summed E-state index contributed by atoms with van der Waals surface area (Å²) in [7, 11) is 4.53. The molecule has 0 saturated carbocycles. The van der Waals surface area contributed by atoms with Crippen molar-refractivity contribution in [3.05, 3.63) is 280 Å². The minimum atomic E-state index is -1.86. The Morgan fingerprint density at radius 3 is 1.46 bits per heavy atom. The zero-order valence-electron chi connectivity index (χ0n) is 65.6. The molecule has 2 N–H and O–H groups in total. The summed E-state index contributed by atoms with van der Waals surface area (Å²) >= 11 is 0. The normalized spacial score (nSPS) is 18.2. The molecule has 0 bridgehead atoms. The number of carbonyl (C=O) groups excluding carboxylic acids is 13. The number of imide groups is 3. The van der Waals surface area contributed by atoms with E-state index in [1.165, 1.54) is 61.2 Å². The van der Waals surface area contributed by atoms with Gasteiger partial charge in [-0.25, -0.2) is 38.7 Å². The molecule has 0 radical (unpaired) electrons. The third-order valence-electron chi connectivity index (χ3n) is 21.6. The molecule has 122 heavy (non-hydrogen) atoms. The molecular formula is C88H71N11O23. The van der Waals surface area contributed by atoms with Crippen LogP contribution in [0.2, 0.25) is 0 Å². The van der Waals surface area contributed by atoms with Crippen LogP contribution in [0.3, 0.4) is 0 Å². The van der Waals surface area contributed by atoms with Crippen molar-refractivity contribution in [2.45, 2.75) is 56.4 Å². The number of methoxy groups -OCH3 is 3. The first kappa shape index (κ1) is 79.9. The Bertz CT molecular complexity index is 6260. The van der Waals surface area contributed by atoms with Gasteiger partial charge in [-0.05, 0) is 133 Å². The average molecular weight is 1650 g/mol. The lowest BCUT2D eigenvalue weighted by Gasteiger charge is -2.29. The van der Waals surface area contributed by atoms with E-state index >= 15 is 0 Å². The number of likely N-dealkylation sites (tertiary alicyclic amines) is 1. The third-order valence-corrected chi connectivity index (χ3v) is 21.6. The number of amides is 11. The SMILES string of the molecule is COc1ccc2c(c1)C(=O)N(C[C@@]1(c3cc4c(C)nccc4o3)CC(=O)N(COC(=O)c3ccccc3)C1=O)C2.COc1ccc2c(c1)C(=O)N(C[C@@]1(c3cc4cnccc4o3)NC(=O)N(COC(=O)c3ccccc3)C1=O)C2.COc1ccc2c(c1)C(=O)N(C[C@@]1(c3cc4ncccc4o3)NC(=O)N(COC(=O)c3ccccc3OC(C)=O)C1=O)C2. The number of fused-ring (bicyclic) bond motifs is 6. The molecule has 34 nitrogen and oxygen atoms in total. The number of furan rings is 3. The first-order chi connectivity index (χ1) is 58.9. The molecule has 6 aromatic carbocycles. The number of urea groups is 2. The highest BCUT2D eigenvalue weighted by Gasteiger charge is 2.60. The van der Waals surface area contributed by atoms with Gasteiger partial charge in [-0.15, -0.1) is 0 Å². The number of hydrogen-bond donors (Lipinski definition) is 2. The number of nitrogens with one attached hydrogen (secondary N) is 2. The summed E-state index contributed by atoms with van der Waals surface area (Å²) < 4.78 is 54.9. The maximum atomic E-state index is 14.1. The highest BCUT2D eigenvalue weighted by molar-refractivity contribution is 6.12. The van der Waals surface area contributed by atoms with Crippen LogP contribution < -0.4 is 29.6 Å². The number of benzene rings is 6. The van der Waals surface area contributed by atoms with Crippen molar-refractivity contribution in [3.8, 4) is 23.0 Å². The van der Waals surface area contributed by atoms with Gasteiger partial charge in [0.05, 0.1) is 52.0 Å². The van der Waals surface area contributed by atoms with Gasteiger partial charge >= 0.3 is 35.9 Å². The van der Waals surface area contributed by atoms with Crippen LogP contribution in [0, 0.1) is 6.92 Å². The first-order valence-corrected chi connectivity index (χ1v) is 37.9. The molecule has 0 spiro atoms. The number of pyridine rings is 3. The molecule has 34 heteroatoms. The lowest BCUT2D eigenvalue weighted by Crippen LogP contribution is -2.52. The molecule has 6 aromatic heterocycles. The van der Waals surface area contributed by atoms with Crippen molar-refractivity contribution < 1.29 is 109 Å². The summed E-state index contributed by atoms with van der Waals surface area (Å²) in [6, 6.07) is 47.8. The van der Waals surface area contributed by atoms with Gasteiger partial charge in [-0.2, -0.15) is 0 Å². The van der Waals surface area contributed by atoms with Crippen molar-refractivity contribution in [2.24, 2.45) is 0 Å². The number of nitrogens with zero attached hydrogens (tertiary/aromatic N) is 9.